The molecule has 0 spiro atoms. The first-order valence-corrected chi connectivity index (χ1v) is 7.81. The van der Waals surface area contributed by atoms with Gasteiger partial charge in [0, 0.05) is 21.7 Å². The summed E-state index contributed by atoms with van der Waals surface area (Å²) in [6.07, 6.45) is -3.50. The maximum Gasteiger partial charge on any atom is 0.417 e. The van der Waals surface area contributed by atoms with E-state index in [0.29, 0.717) is 5.69 Å². The van der Waals surface area contributed by atoms with Crippen LogP contribution in [0.5, 0.6) is 0 Å². The predicted molar refractivity (Wildman–Crippen MR) is 91.1 cm³/mol. The largest absolute Gasteiger partial charge is 0.478 e. The summed E-state index contributed by atoms with van der Waals surface area (Å²) in [5.41, 5.74) is -0.185. The molecular weight excluding hydrogens is 401 g/mol. The van der Waals surface area contributed by atoms with Gasteiger partial charge >= 0.3 is 12.1 Å². The molecule has 8 heteroatoms. The highest BCUT2D eigenvalue weighted by atomic mass is 79.9. The van der Waals surface area contributed by atoms with Gasteiger partial charge in [-0.05, 0) is 24.3 Å². The first kappa shape index (κ1) is 17.2. The molecule has 0 amide bonds. The molecule has 4 nitrogen and oxygen atoms in total. The topological polar surface area (TPSA) is 62.2 Å². The fourth-order valence-electron chi connectivity index (χ4n) is 2.39. The number of nitrogens with zero attached hydrogens (tertiary/aromatic N) is 1. The molecule has 3 rings (SSSR count). The Hall–Kier alpha value is -2.61. The Morgan fingerprint density at radius 1 is 1.16 bits per heavy atom. The maximum absolute atomic E-state index is 13.1. The van der Waals surface area contributed by atoms with E-state index in [1.165, 1.54) is 6.07 Å². The number of anilines is 2. The van der Waals surface area contributed by atoms with E-state index in [2.05, 4.69) is 26.2 Å². The van der Waals surface area contributed by atoms with E-state index in [9.17, 15) is 23.1 Å². The van der Waals surface area contributed by atoms with Crippen LogP contribution < -0.4 is 5.32 Å². The minimum atomic E-state index is -4.55. The number of carboxylic acids is 1. The molecule has 0 unspecified atom stereocenters. The highest BCUT2D eigenvalue weighted by Gasteiger charge is 2.33. The van der Waals surface area contributed by atoms with Gasteiger partial charge in [-0.2, -0.15) is 13.2 Å². The van der Waals surface area contributed by atoms with Crippen LogP contribution in [0.25, 0.3) is 10.9 Å². The van der Waals surface area contributed by atoms with Crippen LogP contribution in [0.15, 0.2) is 53.1 Å². The lowest BCUT2D eigenvalue weighted by Crippen LogP contribution is -2.08. The second-order valence-electron chi connectivity index (χ2n) is 5.19. The molecule has 1 heterocycles. The van der Waals surface area contributed by atoms with Crippen LogP contribution in [-0.4, -0.2) is 16.1 Å². The van der Waals surface area contributed by atoms with Crippen LogP contribution in [-0.2, 0) is 6.18 Å². The van der Waals surface area contributed by atoms with Gasteiger partial charge in [-0.3, -0.25) is 4.98 Å². The number of aromatic nitrogens is 1. The summed E-state index contributed by atoms with van der Waals surface area (Å²) in [5, 5.41) is 12.6. The van der Waals surface area contributed by atoms with Gasteiger partial charge in [-0.1, -0.05) is 34.1 Å². The van der Waals surface area contributed by atoms with Crippen molar-refractivity contribution in [3.05, 3.63) is 64.3 Å². The number of nitrogens with one attached hydrogen (secondary N) is 1. The number of hydrogen-bond acceptors (Lipinski definition) is 3. The van der Waals surface area contributed by atoms with Crippen molar-refractivity contribution in [1.82, 2.24) is 4.98 Å². The number of hydrogen-bond donors (Lipinski definition) is 2. The molecule has 0 atom stereocenters. The van der Waals surface area contributed by atoms with Crippen molar-refractivity contribution < 1.29 is 23.1 Å². The van der Waals surface area contributed by atoms with E-state index in [1.54, 1.807) is 30.3 Å². The molecule has 0 saturated heterocycles. The molecule has 3 aromatic rings. The average Bonchev–Trinajstić information content (AvgIpc) is 2.54. The monoisotopic (exact) mass is 410 g/mol. The van der Waals surface area contributed by atoms with Crippen molar-refractivity contribution in [2.75, 3.05) is 5.32 Å². The fourth-order valence-corrected chi connectivity index (χ4v) is 2.96. The van der Waals surface area contributed by atoms with Crippen molar-refractivity contribution in [3.8, 4) is 0 Å². The Morgan fingerprint density at radius 2 is 1.84 bits per heavy atom. The van der Waals surface area contributed by atoms with Crippen LogP contribution >= 0.6 is 15.9 Å². The predicted octanol–water partition coefficient (Wildman–Crippen LogP) is 5.46. The SMILES string of the molecule is O=C(O)c1cnc2cc(C(F)(F)F)c(Br)cc2c1Nc1ccccc1. The molecular formula is C17H10BrF3N2O2. The average molecular weight is 411 g/mol. The molecule has 0 aliphatic rings. The number of pyridine rings is 1. The molecule has 0 saturated carbocycles. The molecule has 0 fully saturated rings. The van der Waals surface area contributed by atoms with E-state index < -0.39 is 17.7 Å². The smallest absolute Gasteiger partial charge is 0.417 e. The summed E-state index contributed by atoms with van der Waals surface area (Å²) >= 11 is 2.91. The third kappa shape index (κ3) is 3.43. The van der Waals surface area contributed by atoms with Crippen LogP contribution in [0.3, 0.4) is 0 Å². The van der Waals surface area contributed by atoms with E-state index >= 15 is 0 Å². The number of para-hydroxylation sites is 1. The molecule has 0 radical (unpaired) electrons. The first-order chi connectivity index (χ1) is 11.8. The normalized spacial score (nSPS) is 11.5. The third-order valence-corrected chi connectivity index (χ3v) is 4.19. The fraction of sp³-hybridized carbons (Fsp3) is 0.0588. The second-order valence-corrected chi connectivity index (χ2v) is 6.04. The van der Waals surface area contributed by atoms with Crippen LogP contribution in [0.1, 0.15) is 15.9 Å². The lowest BCUT2D eigenvalue weighted by Gasteiger charge is -2.15. The number of fused-ring (bicyclic) bond motifs is 1. The lowest BCUT2D eigenvalue weighted by molar-refractivity contribution is -0.138. The van der Waals surface area contributed by atoms with E-state index in [0.717, 1.165) is 12.3 Å². The Morgan fingerprint density at radius 3 is 2.44 bits per heavy atom. The quantitative estimate of drug-likeness (QED) is 0.601. The first-order valence-electron chi connectivity index (χ1n) is 7.02. The Bertz CT molecular complexity index is 960. The number of benzene rings is 2. The van der Waals surface area contributed by atoms with Crippen LogP contribution in [0.4, 0.5) is 24.5 Å². The highest BCUT2D eigenvalue weighted by Crippen LogP contribution is 2.39. The molecule has 0 bridgehead atoms. The highest BCUT2D eigenvalue weighted by molar-refractivity contribution is 9.10. The summed E-state index contributed by atoms with van der Waals surface area (Å²) in [4.78, 5) is 15.4. The van der Waals surface area contributed by atoms with Gasteiger partial charge in [-0.25, -0.2) is 4.79 Å². The number of halogens is 4. The molecule has 128 valence electrons. The number of carboxylic acid groups (broad SMARTS) is 1. The van der Waals surface area contributed by atoms with E-state index in [1.807, 2.05) is 0 Å². The van der Waals surface area contributed by atoms with Gasteiger partial charge in [0.2, 0.25) is 0 Å². The zero-order valence-corrected chi connectivity index (χ0v) is 14.0. The number of rotatable bonds is 3. The molecule has 2 N–H and O–H groups in total. The van der Waals surface area contributed by atoms with Gasteiger partial charge in [0.05, 0.1) is 16.8 Å². The molecule has 25 heavy (non-hydrogen) atoms. The summed E-state index contributed by atoms with van der Waals surface area (Å²) < 4.78 is 39.0. The van der Waals surface area contributed by atoms with Crippen molar-refractivity contribution in [3.63, 3.8) is 0 Å². The Balaban J connectivity index is 2.26. The zero-order valence-electron chi connectivity index (χ0n) is 12.4. The summed E-state index contributed by atoms with van der Waals surface area (Å²) in [6.45, 7) is 0. The summed E-state index contributed by atoms with van der Waals surface area (Å²) in [5.74, 6) is -1.23. The molecule has 2 aromatic carbocycles. The standard InChI is InChI=1S/C17H10BrF3N2O2/c18-13-6-10-14(7-12(13)17(19,20)21)22-8-11(16(24)25)15(10)23-9-4-2-1-3-5-9/h1-8H,(H,22,23)(H,24,25). The Labute approximate surface area is 148 Å². The number of carbonyl (C=O) groups is 1. The third-order valence-electron chi connectivity index (χ3n) is 3.54. The zero-order chi connectivity index (χ0) is 18.2. The van der Waals surface area contributed by atoms with Crippen molar-refractivity contribution >= 4 is 44.2 Å². The van der Waals surface area contributed by atoms with Crippen molar-refractivity contribution in [1.29, 1.82) is 0 Å². The van der Waals surface area contributed by atoms with E-state index in [4.69, 9.17) is 0 Å². The minimum absolute atomic E-state index is 0.0407. The van der Waals surface area contributed by atoms with Crippen molar-refractivity contribution in [2.45, 2.75) is 6.18 Å². The lowest BCUT2D eigenvalue weighted by atomic mass is 10.1. The van der Waals surface area contributed by atoms with Crippen LogP contribution in [0, 0.1) is 0 Å². The van der Waals surface area contributed by atoms with Crippen LogP contribution in [0.2, 0.25) is 0 Å². The van der Waals surface area contributed by atoms with Gasteiger partial charge in [-0.15, -0.1) is 0 Å². The van der Waals surface area contributed by atoms with E-state index in [-0.39, 0.29) is 26.6 Å². The molecule has 0 aliphatic heterocycles. The number of aromatic carboxylic acids is 1. The molecule has 0 aliphatic carbocycles. The molecule has 1 aromatic heterocycles. The van der Waals surface area contributed by atoms with Gasteiger partial charge in [0.15, 0.2) is 0 Å². The van der Waals surface area contributed by atoms with Gasteiger partial charge in [0.1, 0.15) is 5.56 Å². The summed E-state index contributed by atoms with van der Waals surface area (Å²) in [6, 6.07) is 10.9. The maximum atomic E-state index is 13.1. The minimum Gasteiger partial charge on any atom is -0.478 e. The van der Waals surface area contributed by atoms with Gasteiger partial charge in [0.25, 0.3) is 0 Å². The number of alkyl halides is 3. The Kier molecular flexibility index (Phi) is 4.38. The summed E-state index contributed by atoms with van der Waals surface area (Å²) in [7, 11) is 0. The van der Waals surface area contributed by atoms with Gasteiger partial charge < -0.3 is 10.4 Å². The second kappa shape index (κ2) is 6.36. The van der Waals surface area contributed by atoms with Crippen molar-refractivity contribution in [2.24, 2.45) is 0 Å².